The van der Waals surface area contributed by atoms with Crippen LogP contribution < -0.4 is 4.90 Å². The molecule has 0 aromatic heterocycles. The highest BCUT2D eigenvalue weighted by molar-refractivity contribution is 5.95. The zero-order chi connectivity index (χ0) is 12.1. The Morgan fingerprint density at radius 3 is 2.56 bits per heavy atom. The largest absolute Gasteiger partial charge is 0.353 e. The van der Waals surface area contributed by atoms with E-state index in [0.717, 1.165) is 12.1 Å². The normalized spacial score (nSPS) is 20.3. The molecule has 2 nitrogen and oxygen atoms in total. The maximum absolute atomic E-state index is 12.4. The van der Waals surface area contributed by atoms with Crippen LogP contribution in [0.25, 0.3) is 0 Å². The third kappa shape index (κ3) is 1.20. The number of Topliss-reactive ketones (excluding diaryl/α,β-unsaturated/α-hetero) is 1. The minimum Gasteiger partial charge on any atom is -0.353 e. The van der Waals surface area contributed by atoms with Gasteiger partial charge in [0, 0.05) is 18.7 Å². The highest BCUT2D eigenvalue weighted by Gasteiger charge is 2.39. The second-order valence-corrected chi connectivity index (χ2v) is 5.00. The van der Waals surface area contributed by atoms with Gasteiger partial charge in [-0.15, -0.1) is 0 Å². The van der Waals surface area contributed by atoms with Crippen molar-refractivity contribution >= 4 is 11.5 Å². The average Bonchev–Trinajstić information content (AvgIpc) is 2.79. The number of rotatable bonds is 0. The van der Waals surface area contributed by atoms with Gasteiger partial charge in [-0.25, -0.2) is 0 Å². The van der Waals surface area contributed by atoms with Gasteiger partial charge in [-0.3, -0.25) is 4.79 Å². The van der Waals surface area contributed by atoms with Gasteiger partial charge < -0.3 is 4.90 Å². The Morgan fingerprint density at radius 1 is 0.944 bits per heavy atom. The lowest BCUT2D eigenvalue weighted by Crippen LogP contribution is -2.34. The van der Waals surface area contributed by atoms with Gasteiger partial charge in [0.2, 0.25) is 0 Å². The summed E-state index contributed by atoms with van der Waals surface area (Å²) in [4.78, 5) is 14.6. The Balaban J connectivity index is 1.91. The number of hydrogen-bond acceptors (Lipinski definition) is 2. The lowest BCUT2D eigenvalue weighted by Gasteiger charge is -2.32. The fourth-order valence-electron chi connectivity index (χ4n) is 3.18. The van der Waals surface area contributed by atoms with Crippen LogP contribution in [0, 0.1) is 0 Å². The van der Waals surface area contributed by atoms with Gasteiger partial charge >= 0.3 is 0 Å². The molecular weight excluding hydrogens is 222 g/mol. The lowest BCUT2D eigenvalue weighted by molar-refractivity contribution is -0.120. The number of benzene rings is 2. The number of hydrogen-bond donors (Lipinski definition) is 0. The Morgan fingerprint density at radius 2 is 1.67 bits per heavy atom. The molecule has 0 N–H and O–H groups in total. The minimum absolute atomic E-state index is 0.0592. The number of fused-ring (bicyclic) bond motifs is 5. The first-order valence-corrected chi connectivity index (χ1v) is 6.29. The molecule has 2 heteroatoms. The molecule has 0 amide bonds. The summed E-state index contributed by atoms with van der Waals surface area (Å²) in [6.45, 7) is 0.851. The number of nitrogens with zero attached hydrogens (tertiary/aromatic N) is 1. The van der Waals surface area contributed by atoms with E-state index in [1.54, 1.807) is 0 Å². The fraction of sp³-hybridized carbons (Fsp3) is 0.188. The van der Waals surface area contributed by atoms with Crippen molar-refractivity contribution in [3.05, 3.63) is 65.2 Å². The van der Waals surface area contributed by atoms with E-state index in [1.165, 1.54) is 16.8 Å². The van der Waals surface area contributed by atoms with Crippen molar-refractivity contribution in [1.82, 2.24) is 0 Å². The molecule has 2 aromatic carbocycles. The number of carbonyl (C=O) groups excluding carboxylic acids is 1. The van der Waals surface area contributed by atoms with Crippen LogP contribution in [0.1, 0.15) is 22.7 Å². The molecule has 1 atom stereocenters. The Kier molecular flexibility index (Phi) is 1.90. The van der Waals surface area contributed by atoms with E-state index in [4.69, 9.17) is 0 Å². The summed E-state index contributed by atoms with van der Waals surface area (Å²) in [5.41, 5.74) is 4.86. The van der Waals surface area contributed by atoms with Crippen molar-refractivity contribution in [1.29, 1.82) is 0 Å². The van der Waals surface area contributed by atoms with Crippen LogP contribution in [0.2, 0.25) is 0 Å². The van der Waals surface area contributed by atoms with Crippen LogP contribution in [0.4, 0.5) is 5.69 Å². The topological polar surface area (TPSA) is 20.3 Å². The molecule has 88 valence electrons. The van der Waals surface area contributed by atoms with Gasteiger partial charge in [0.25, 0.3) is 0 Å². The van der Waals surface area contributed by atoms with E-state index >= 15 is 0 Å². The van der Waals surface area contributed by atoms with Crippen molar-refractivity contribution in [3.8, 4) is 0 Å². The van der Waals surface area contributed by atoms with E-state index in [2.05, 4.69) is 35.2 Å². The summed E-state index contributed by atoms with van der Waals surface area (Å²) in [6.07, 6.45) is 0.561. The standard InChI is InChI=1S/C16H13NO/c18-15-9-11-5-2-4-8-14(11)17-10-12-6-1-3-7-13(12)16(15)17/h1-8,16H,9-10H2. The van der Waals surface area contributed by atoms with Crippen molar-refractivity contribution in [2.24, 2.45) is 0 Å². The van der Waals surface area contributed by atoms with Gasteiger partial charge in [0.1, 0.15) is 6.04 Å². The van der Waals surface area contributed by atoms with E-state index in [-0.39, 0.29) is 6.04 Å². The summed E-state index contributed by atoms with van der Waals surface area (Å²) in [5, 5.41) is 0. The third-order valence-electron chi connectivity index (χ3n) is 3.97. The van der Waals surface area contributed by atoms with E-state index in [0.29, 0.717) is 12.2 Å². The lowest BCUT2D eigenvalue weighted by atomic mass is 9.92. The molecule has 0 saturated carbocycles. The highest BCUT2D eigenvalue weighted by Crippen LogP contribution is 2.43. The van der Waals surface area contributed by atoms with Gasteiger partial charge in [0.15, 0.2) is 5.78 Å². The summed E-state index contributed by atoms with van der Waals surface area (Å²) in [6, 6.07) is 16.5. The van der Waals surface area contributed by atoms with Gasteiger partial charge in [-0.05, 0) is 22.8 Å². The molecule has 0 saturated heterocycles. The monoisotopic (exact) mass is 235 g/mol. The number of para-hydroxylation sites is 1. The molecule has 1 unspecified atom stereocenters. The maximum atomic E-state index is 12.4. The first-order chi connectivity index (χ1) is 8.84. The number of carbonyl (C=O) groups is 1. The molecule has 2 aromatic rings. The fourth-order valence-corrected chi connectivity index (χ4v) is 3.18. The van der Waals surface area contributed by atoms with Crippen LogP contribution >= 0.6 is 0 Å². The van der Waals surface area contributed by atoms with Crippen LogP contribution in [0.3, 0.4) is 0 Å². The van der Waals surface area contributed by atoms with Gasteiger partial charge in [0.05, 0.1) is 0 Å². The molecule has 0 aliphatic carbocycles. The maximum Gasteiger partial charge on any atom is 0.164 e. The second kappa shape index (κ2) is 3.45. The Bertz CT molecular complexity index is 647. The molecule has 2 aliphatic heterocycles. The average molecular weight is 235 g/mol. The summed E-state index contributed by atoms with van der Waals surface area (Å²) < 4.78 is 0. The molecule has 4 rings (SSSR count). The molecule has 0 spiro atoms. The van der Waals surface area contributed by atoms with Crippen LogP contribution in [0.15, 0.2) is 48.5 Å². The predicted octanol–water partition coefficient (Wildman–Crippen LogP) is 2.87. The molecule has 2 heterocycles. The SMILES string of the molecule is O=C1Cc2ccccc2N2Cc3ccccc3C12. The number of ketones is 1. The van der Waals surface area contributed by atoms with Gasteiger partial charge in [-0.1, -0.05) is 42.5 Å². The summed E-state index contributed by atoms with van der Waals surface area (Å²) in [7, 11) is 0. The van der Waals surface area contributed by atoms with Crippen LogP contribution in [-0.2, 0) is 17.8 Å². The van der Waals surface area contributed by atoms with Crippen molar-refractivity contribution in [2.75, 3.05) is 4.90 Å². The highest BCUT2D eigenvalue weighted by atomic mass is 16.1. The molecule has 0 fully saturated rings. The molecule has 0 bridgehead atoms. The first-order valence-electron chi connectivity index (χ1n) is 6.29. The summed E-state index contributed by atoms with van der Waals surface area (Å²) >= 11 is 0. The Hall–Kier alpha value is -2.09. The van der Waals surface area contributed by atoms with E-state index < -0.39 is 0 Å². The second-order valence-electron chi connectivity index (χ2n) is 5.00. The summed E-state index contributed by atoms with van der Waals surface area (Å²) in [5.74, 6) is 0.318. The van der Waals surface area contributed by atoms with E-state index in [1.807, 2.05) is 18.2 Å². The molecule has 2 aliphatic rings. The van der Waals surface area contributed by atoms with Crippen molar-refractivity contribution in [3.63, 3.8) is 0 Å². The molecule has 18 heavy (non-hydrogen) atoms. The van der Waals surface area contributed by atoms with Crippen molar-refractivity contribution < 1.29 is 4.79 Å². The van der Waals surface area contributed by atoms with Crippen molar-refractivity contribution in [2.45, 2.75) is 19.0 Å². The quantitative estimate of drug-likeness (QED) is 0.699. The zero-order valence-corrected chi connectivity index (χ0v) is 9.97. The number of anilines is 1. The Labute approximate surface area is 106 Å². The smallest absolute Gasteiger partial charge is 0.164 e. The third-order valence-corrected chi connectivity index (χ3v) is 3.97. The predicted molar refractivity (Wildman–Crippen MR) is 70.5 cm³/mol. The molecular formula is C16H13NO. The first kappa shape index (κ1) is 9.89. The van der Waals surface area contributed by atoms with E-state index in [9.17, 15) is 4.79 Å². The van der Waals surface area contributed by atoms with Gasteiger partial charge in [-0.2, -0.15) is 0 Å². The van der Waals surface area contributed by atoms with Crippen LogP contribution in [0.5, 0.6) is 0 Å². The molecule has 0 radical (unpaired) electrons. The van der Waals surface area contributed by atoms with Crippen LogP contribution in [-0.4, -0.2) is 5.78 Å². The minimum atomic E-state index is -0.0592. The zero-order valence-electron chi connectivity index (χ0n) is 9.97.